The minimum atomic E-state index is -0.516. The number of rotatable bonds is 4. The van der Waals surface area contributed by atoms with Crippen LogP contribution < -0.4 is 10.6 Å². The van der Waals surface area contributed by atoms with Crippen molar-refractivity contribution in [2.75, 3.05) is 38.0 Å². The molecule has 0 radical (unpaired) electrons. The maximum absolute atomic E-state index is 12.0. The van der Waals surface area contributed by atoms with Crippen LogP contribution in [0.5, 0.6) is 0 Å². The van der Waals surface area contributed by atoms with E-state index in [4.69, 9.17) is 16.3 Å². The summed E-state index contributed by atoms with van der Waals surface area (Å²) in [6.45, 7) is 10.6. The molecular weight excluding hydrogens is 314 g/mol. The van der Waals surface area contributed by atoms with Gasteiger partial charge in [0.05, 0.1) is 0 Å². The Morgan fingerprint density at radius 1 is 1.35 bits per heavy atom. The lowest BCUT2D eigenvalue weighted by Crippen LogP contribution is -2.44. The monoisotopic (exact) mass is 339 g/mol. The second-order valence-electron chi connectivity index (χ2n) is 6.77. The summed E-state index contributed by atoms with van der Waals surface area (Å²) in [5, 5.41) is 6.85. The van der Waals surface area contributed by atoms with Gasteiger partial charge in [0.2, 0.25) is 0 Å². The van der Waals surface area contributed by atoms with E-state index in [9.17, 15) is 4.79 Å². The van der Waals surface area contributed by atoms with E-state index in [1.165, 1.54) is 0 Å². The highest BCUT2D eigenvalue weighted by Gasteiger charge is 2.18. The molecule has 1 aromatic carbocycles. The molecule has 1 aromatic rings. The van der Waals surface area contributed by atoms with Gasteiger partial charge in [-0.05, 0) is 51.0 Å². The Balaban J connectivity index is 2.00. The third kappa shape index (κ3) is 6.37. The average molecular weight is 340 g/mol. The zero-order chi connectivity index (χ0) is 16.9. The topological polar surface area (TPSA) is 53.6 Å². The van der Waals surface area contributed by atoms with Crippen molar-refractivity contribution in [2.24, 2.45) is 0 Å². The lowest BCUT2D eigenvalue weighted by atomic mass is 10.1. The van der Waals surface area contributed by atoms with Gasteiger partial charge in [0.25, 0.3) is 0 Å². The van der Waals surface area contributed by atoms with Gasteiger partial charge in [0.15, 0.2) is 0 Å². The number of carbonyl (C=O) groups is 1. The number of carbonyl (C=O) groups excluding carboxylic acids is 1. The number of nitrogens with zero attached hydrogens (tertiary/aromatic N) is 1. The largest absolute Gasteiger partial charge is 0.444 e. The van der Waals surface area contributed by atoms with E-state index >= 15 is 0 Å². The molecule has 0 unspecified atom stereocenters. The minimum absolute atomic E-state index is 0.441. The van der Waals surface area contributed by atoms with Crippen LogP contribution in [-0.2, 0) is 11.2 Å². The lowest BCUT2D eigenvalue weighted by Gasteiger charge is -2.27. The van der Waals surface area contributed by atoms with E-state index in [1.807, 2.05) is 32.9 Å². The third-order valence-corrected chi connectivity index (χ3v) is 3.84. The Bertz CT molecular complexity index is 537. The summed E-state index contributed by atoms with van der Waals surface area (Å²) in [6.07, 6.45) is 0.398. The van der Waals surface area contributed by atoms with Crippen molar-refractivity contribution in [3.8, 4) is 0 Å². The molecule has 23 heavy (non-hydrogen) atoms. The highest BCUT2D eigenvalue weighted by atomic mass is 35.5. The first-order chi connectivity index (χ1) is 10.8. The van der Waals surface area contributed by atoms with Crippen molar-refractivity contribution in [3.63, 3.8) is 0 Å². The Morgan fingerprint density at radius 2 is 2.04 bits per heavy atom. The van der Waals surface area contributed by atoms with Crippen LogP contribution >= 0.6 is 11.6 Å². The smallest absolute Gasteiger partial charge is 0.412 e. The fraction of sp³-hybridized carbons (Fsp3) is 0.588. The third-order valence-electron chi connectivity index (χ3n) is 3.61. The zero-order valence-electron chi connectivity index (χ0n) is 14.1. The maximum Gasteiger partial charge on any atom is 0.412 e. The highest BCUT2D eigenvalue weighted by Crippen LogP contribution is 2.22. The molecular formula is C17H26ClN3O2. The summed E-state index contributed by atoms with van der Waals surface area (Å²) >= 11 is 6.11. The standard InChI is InChI=1S/C17H26ClN3O2/c1-17(2,3)23-16(22)20-15-5-4-14(18)12-13(15)6-9-21-10-7-19-8-11-21/h4-5,12,19H,6-11H2,1-3H3,(H,20,22). The zero-order valence-corrected chi connectivity index (χ0v) is 14.9. The van der Waals surface area contributed by atoms with Crippen LogP contribution in [0.1, 0.15) is 26.3 Å². The van der Waals surface area contributed by atoms with Crippen LogP contribution in [0.25, 0.3) is 0 Å². The van der Waals surface area contributed by atoms with E-state index in [0.29, 0.717) is 5.02 Å². The number of amides is 1. The number of halogens is 1. The number of ether oxygens (including phenoxy) is 1. The fourth-order valence-corrected chi connectivity index (χ4v) is 2.71. The van der Waals surface area contributed by atoms with E-state index in [1.54, 1.807) is 6.07 Å². The summed E-state index contributed by atoms with van der Waals surface area (Å²) < 4.78 is 5.32. The van der Waals surface area contributed by atoms with E-state index in [-0.39, 0.29) is 0 Å². The summed E-state index contributed by atoms with van der Waals surface area (Å²) in [4.78, 5) is 14.4. The number of anilines is 1. The molecule has 2 N–H and O–H groups in total. The molecule has 1 aliphatic rings. The summed E-state index contributed by atoms with van der Waals surface area (Å²) in [5.41, 5.74) is 1.28. The molecule has 1 heterocycles. The molecule has 0 atom stereocenters. The quantitative estimate of drug-likeness (QED) is 0.885. The van der Waals surface area contributed by atoms with Crippen molar-refractivity contribution < 1.29 is 9.53 Å². The Labute approximate surface area is 143 Å². The Morgan fingerprint density at radius 3 is 2.70 bits per heavy atom. The maximum atomic E-state index is 12.0. The van der Waals surface area contributed by atoms with Gasteiger partial charge in [-0.15, -0.1) is 0 Å². The van der Waals surface area contributed by atoms with Gasteiger partial charge in [-0.3, -0.25) is 5.32 Å². The predicted molar refractivity (Wildman–Crippen MR) is 94.3 cm³/mol. The summed E-state index contributed by atoms with van der Waals surface area (Å²) in [7, 11) is 0. The summed E-state index contributed by atoms with van der Waals surface area (Å²) in [6, 6.07) is 5.53. The first-order valence-electron chi connectivity index (χ1n) is 8.05. The molecule has 0 spiro atoms. The van der Waals surface area contributed by atoms with Crippen LogP contribution in [0.4, 0.5) is 10.5 Å². The number of piperazine rings is 1. The number of benzene rings is 1. The fourth-order valence-electron chi connectivity index (χ4n) is 2.52. The minimum Gasteiger partial charge on any atom is -0.444 e. The van der Waals surface area contributed by atoms with Gasteiger partial charge < -0.3 is 15.0 Å². The van der Waals surface area contributed by atoms with E-state index < -0.39 is 11.7 Å². The molecule has 0 aliphatic carbocycles. The van der Waals surface area contributed by atoms with Gasteiger partial charge in [-0.25, -0.2) is 4.79 Å². The van der Waals surface area contributed by atoms with Crippen LogP contribution in [0.3, 0.4) is 0 Å². The van der Waals surface area contributed by atoms with Crippen LogP contribution in [0.15, 0.2) is 18.2 Å². The number of hydrogen-bond acceptors (Lipinski definition) is 4. The van der Waals surface area contributed by atoms with Crippen molar-refractivity contribution in [1.29, 1.82) is 0 Å². The second kappa shape index (κ2) is 7.99. The van der Waals surface area contributed by atoms with Gasteiger partial charge in [-0.1, -0.05) is 11.6 Å². The van der Waals surface area contributed by atoms with Crippen LogP contribution in [0, 0.1) is 0 Å². The van der Waals surface area contributed by atoms with Gasteiger partial charge in [0, 0.05) is 43.4 Å². The Hall–Kier alpha value is -1.30. The van der Waals surface area contributed by atoms with Crippen molar-refractivity contribution in [2.45, 2.75) is 32.8 Å². The van der Waals surface area contributed by atoms with Gasteiger partial charge in [0.1, 0.15) is 5.60 Å². The van der Waals surface area contributed by atoms with Gasteiger partial charge in [-0.2, -0.15) is 0 Å². The first kappa shape index (κ1) is 18.0. The first-order valence-corrected chi connectivity index (χ1v) is 8.43. The average Bonchev–Trinajstić information content (AvgIpc) is 2.46. The molecule has 1 saturated heterocycles. The van der Waals surface area contributed by atoms with E-state index in [0.717, 1.165) is 50.4 Å². The van der Waals surface area contributed by atoms with Crippen LogP contribution in [0.2, 0.25) is 5.02 Å². The number of hydrogen-bond donors (Lipinski definition) is 2. The molecule has 0 bridgehead atoms. The molecule has 1 amide bonds. The normalized spacial score (nSPS) is 16.2. The molecule has 1 aliphatic heterocycles. The molecule has 0 saturated carbocycles. The van der Waals surface area contributed by atoms with Crippen molar-refractivity contribution in [1.82, 2.24) is 10.2 Å². The summed E-state index contributed by atoms with van der Waals surface area (Å²) in [5.74, 6) is 0. The Kier molecular flexibility index (Phi) is 6.27. The molecule has 5 nitrogen and oxygen atoms in total. The molecule has 6 heteroatoms. The van der Waals surface area contributed by atoms with E-state index in [2.05, 4.69) is 15.5 Å². The molecule has 0 aromatic heterocycles. The lowest BCUT2D eigenvalue weighted by molar-refractivity contribution is 0.0636. The van der Waals surface area contributed by atoms with Crippen molar-refractivity contribution in [3.05, 3.63) is 28.8 Å². The SMILES string of the molecule is CC(C)(C)OC(=O)Nc1ccc(Cl)cc1CCN1CCNCC1. The van der Waals surface area contributed by atoms with Crippen molar-refractivity contribution >= 4 is 23.4 Å². The van der Waals surface area contributed by atoms with Gasteiger partial charge >= 0.3 is 6.09 Å². The second-order valence-corrected chi connectivity index (χ2v) is 7.21. The number of nitrogens with one attached hydrogen (secondary N) is 2. The van der Waals surface area contributed by atoms with Crippen LogP contribution in [-0.4, -0.2) is 49.3 Å². The molecule has 2 rings (SSSR count). The highest BCUT2D eigenvalue weighted by molar-refractivity contribution is 6.30. The predicted octanol–water partition coefficient (Wildman–Crippen LogP) is 3.13. The molecule has 128 valence electrons. The molecule has 1 fully saturated rings.